The molecule has 0 aliphatic heterocycles. The lowest BCUT2D eigenvalue weighted by Gasteiger charge is -2.01. The van der Waals surface area contributed by atoms with Crippen LogP contribution in [0.2, 0.25) is 0 Å². The van der Waals surface area contributed by atoms with E-state index in [4.69, 9.17) is 4.74 Å². The molecule has 0 saturated carbocycles. The summed E-state index contributed by atoms with van der Waals surface area (Å²) in [5.74, 6) is -0.846. The van der Waals surface area contributed by atoms with Crippen molar-refractivity contribution in [3.63, 3.8) is 0 Å². The van der Waals surface area contributed by atoms with Gasteiger partial charge < -0.3 is 9.47 Å². The number of esters is 2. The molecule has 0 N–H and O–H groups in total. The molecule has 88 valence electrons. The van der Waals surface area contributed by atoms with E-state index >= 15 is 0 Å². The molecule has 0 fully saturated rings. The highest BCUT2D eigenvalue weighted by Crippen LogP contribution is 2.12. The molecule has 1 rings (SSSR count). The molecule has 0 aliphatic rings. The van der Waals surface area contributed by atoms with Crippen LogP contribution >= 0.6 is 0 Å². The Bertz CT molecular complexity index is 443. The number of hydrogen-bond donors (Lipinski definition) is 0. The summed E-state index contributed by atoms with van der Waals surface area (Å²) in [7, 11) is 1.23. The predicted octanol–water partition coefficient (Wildman–Crippen LogP) is 1.96. The van der Waals surface area contributed by atoms with Gasteiger partial charge in [-0.3, -0.25) is 0 Å². The van der Waals surface area contributed by atoms with Crippen LogP contribution in [0.4, 0.5) is 0 Å². The smallest absolute Gasteiger partial charge is 0.336 e. The number of methoxy groups -OCH3 is 1. The quantitative estimate of drug-likeness (QED) is 0.452. The van der Waals surface area contributed by atoms with E-state index in [9.17, 15) is 9.59 Å². The predicted molar refractivity (Wildman–Crippen MR) is 63.3 cm³/mol. The van der Waals surface area contributed by atoms with Crippen LogP contribution in [0, 0.1) is 0 Å². The molecule has 4 nitrogen and oxygen atoms in total. The molecule has 0 aromatic heterocycles. The highest BCUT2D eigenvalue weighted by molar-refractivity contribution is 5.92. The summed E-state index contributed by atoms with van der Waals surface area (Å²) in [4.78, 5) is 22.0. The molecule has 4 heteroatoms. The van der Waals surface area contributed by atoms with Crippen molar-refractivity contribution in [2.24, 2.45) is 0 Å². The van der Waals surface area contributed by atoms with Crippen LogP contribution in [0.1, 0.15) is 5.56 Å². The Labute approximate surface area is 99.2 Å². The van der Waals surface area contributed by atoms with Gasteiger partial charge in [0.1, 0.15) is 5.75 Å². The van der Waals surface area contributed by atoms with E-state index in [1.165, 1.54) is 7.11 Å². The minimum atomic E-state index is -0.637. The fraction of sp³-hybridized carbons (Fsp3) is 0.0769. The Hall–Kier alpha value is -2.36. The van der Waals surface area contributed by atoms with Gasteiger partial charge in [-0.25, -0.2) is 9.59 Å². The Balaban J connectivity index is 2.58. The van der Waals surface area contributed by atoms with Crippen LogP contribution in [0.25, 0.3) is 6.08 Å². The normalized spacial score (nSPS) is 9.94. The van der Waals surface area contributed by atoms with Crippen molar-refractivity contribution < 1.29 is 19.1 Å². The Morgan fingerprint density at radius 2 is 1.71 bits per heavy atom. The lowest BCUT2D eigenvalue weighted by Crippen LogP contribution is -2.05. The second-order valence-corrected chi connectivity index (χ2v) is 3.05. The average Bonchev–Trinajstić information content (AvgIpc) is 2.36. The van der Waals surface area contributed by atoms with E-state index in [2.05, 4.69) is 11.3 Å². The van der Waals surface area contributed by atoms with Crippen LogP contribution in [-0.2, 0) is 14.3 Å². The molecule has 0 bridgehead atoms. The van der Waals surface area contributed by atoms with Crippen molar-refractivity contribution >= 4 is 18.0 Å². The van der Waals surface area contributed by atoms with E-state index in [1.807, 2.05) is 0 Å². The zero-order valence-corrected chi connectivity index (χ0v) is 9.38. The van der Waals surface area contributed by atoms with Gasteiger partial charge in [-0.1, -0.05) is 24.8 Å². The first-order valence-corrected chi connectivity index (χ1v) is 4.86. The van der Waals surface area contributed by atoms with Crippen LogP contribution in [0.5, 0.6) is 5.75 Å². The molecule has 0 spiro atoms. The summed E-state index contributed by atoms with van der Waals surface area (Å²) in [5.41, 5.74) is 0.926. The summed E-state index contributed by atoms with van der Waals surface area (Å²) in [6, 6.07) is 6.81. The van der Waals surface area contributed by atoms with Crippen molar-refractivity contribution in [1.29, 1.82) is 0 Å². The number of rotatable bonds is 4. The standard InChI is InChI=1S/C13H12O4/c1-3-10-4-6-11(7-5-10)17-13(15)9-8-12(14)16-2/h3-9H,1H2,2H3/b9-8-. The second kappa shape index (κ2) is 6.27. The summed E-state index contributed by atoms with van der Waals surface area (Å²) in [6.07, 6.45) is 3.69. The third kappa shape index (κ3) is 4.34. The minimum absolute atomic E-state index is 0.398. The molecule has 0 amide bonds. The van der Waals surface area contributed by atoms with Gasteiger partial charge in [-0.2, -0.15) is 0 Å². The summed E-state index contributed by atoms with van der Waals surface area (Å²) in [6.45, 7) is 3.61. The Kier molecular flexibility index (Phi) is 4.69. The largest absolute Gasteiger partial charge is 0.466 e. The molecule has 0 heterocycles. The summed E-state index contributed by atoms with van der Waals surface area (Å²) >= 11 is 0. The highest BCUT2D eigenvalue weighted by atomic mass is 16.5. The van der Waals surface area contributed by atoms with Crippen molar-refractivity contribution in [3.05, 3.63) is 48.6 Å². The fourth-order valence-corrected chi connectivity index (χ4v) is 1.03. The van der Waals surface area contributed by atoms with E-state index < -0.39 is 11.9 Å². The molecule has 0 aliphatic carbocycles. The van der Waals surface area contributed by atoms with E-state index in [0.717, 1.165) is 17.7 Å². The molecule has 0 unspecified atom stereocenters. The first-order valence-electron chi connectivity index (χ1n) is 4.86. The molecule has 0 atom stereocenters. The topological polar surface area (TPSA) is 52.6 Å². The summed E-state index contributed by atoms with van der Waals surface area (Å²) < 4.78 is 9.28. The second-order valence-electron chi connectivity index (χ2n) is 3.05. The number of carbonyl (C=O) groups excluding carboxylic acids is 2. The molecule has 17 heavy (non-hydrogen) atoms. The van der Waals surface area contributed by atoms with Crippen LogP contribution in [-0.4, -0.2) is 19.0 Å². The van der Waals surface area contributed by atoms with Crippen molar-refractivity contribution in [2.75, 3.05) is 7.11 Å². The third-order valence-electron chi connectivity index (χ3n) is 1.89. The Morgan fingerprint density at radius 1 is 1.12 bits per heavy atom. The van der Waals surface area contributed by atoms with E-state index in [0.29, 0.717) is 5.75 Å². The maximum absolute atomic E-state index is 11.3. The average molecular weight is 232 g/mol. The van der Waals surface area contributed by atoms with Gasteiger partial charge in [-0.15, -0.1) is 0 Å². The number of carbonyl (C=O) groups is 2. The first kappa shape index (κ1) is 12.7. The van der Waals surface area contributed by atoms with Crippen LogP contribution < -0.4 is 4.74 Å². The Morgan fingerprint density at radius 3 is 2.24 bits per heavy atom. The van der Waals surface area contributed by atoms with E-state index in [1.54, 1.807) is 30.3 Å². The van der Waals surface area contributed by atoms with Crippen molar-refractivity contribution in [1.82, 2.24) is 0 Å². The molecular weight excluding hydrogens is 220 g/mol. The fourth-order valence-electron chi connectivity index (χ4n) is 1.03. The van der Waals surface area contributed by atoms with Gasteiger partial charge in [-0.05, 0) is 17.7 Å². The summed E-state index contributed by atoms with van der Waals surface area (Å²) in [5, 5.41) is 0. The third-order valence-corrected chi connectivity index (χ3v) is 1.89. The van der Waals surface area contributed by atoms with Crippen LogP contribution in [0.3, 0.4) is 0 Å². The van der Waals surface area contributed by atoms with Gasteiger partial charge in [0.15, 0.2) is 0 Å². The molecular formula is C13H12O4. The maximum Gasteiger partial charge on any atom is 0.336 e. The monoisotopic (exact) mass is 232 g/mol. The number of hydrogen-bond acceptors (Lipinski definition) is 4. The van der Waals surface area contributed by atoms with E-state index in [-0.39, 0.29) is 0 Å². The highest BCUT2D eigenvalue weighted by Gasteiger charge is 2.01. The molecule has 1 aromatic carbocycles. The minimum Gasteiger partial charge on any atom is -0.466 e. The maximum atomic E-state index is 11.3. The zero-order valence-electron chi connectivity index (χ0n) is 9.38. The number of benzene rings is 1. The molecule has 1 aromatic rings. The van der Waals surface area contributed by atoms with Gasteiger partial charge in [0.25, 0.3) is 0 Å². The number of ether oxygens (including phenoxy) is 2. The van der Waals surface area contributed by atoms with Gasteiger partial charge in [0.05, 0.1) is 7.11 Å². The van der Waals surface area contributed by atoms with Gasteiger partial charge in [0, 0.05) is 12.2 Å². The van der Waals surface area contributed by atoms with Crippen molar-refractivity contribution in [2.45, 2.75) is 0 Å². The zero-order chi connectivity index (χ0) is 12.7. The molecule has 0 saturated heterocycles. The van der Waals surface area contributed by atoms with Crippen molar-refractivity contribution in [3.8, 4) is 5.75 Å². The van der Waals surface area contributed by atoms with Gasteiger partial charge >= 0.3 is 11.9 Å². The lowest BCUT2D eigenvalue weighted by molar-refractivity contribution is -0.135. The first-order chi connectivity index (χ1) is 8.15. The SMILES string of the molecule is C=Cc1ccc(OC(=O)/C=C\C(=O)OC)cc1. The lowest BCUT2D eigenvalue weighted by atomic mass is 10.2. The molecule has 0 radical (unpaired) electrons. The van der Waals surface area contributed by atoms with Gasteiger partial charge in [0.2, 0.25) is 0 Å². The van der Waals surface area contributed by atoms with Crippen LogP contribution in [0.15, 0.2) is 43.0 Å².